The first-order valence-electron chi connectivity index (χ1n) is 15.6. The fourth-order valence-electron chi connectivity index (χ4n) is 4.99. The fraction of sp³-hybridized carbons (Fsp3) is 1.00. The maximum absolute atomic E-state index is 10.3. The van der Waals surface area contributed by atoms with Crippen molar-refractivity contribution < 1.29 is 5.11 Å². The van der Waals surface area contributed by atoms with Gasteiger partial charge in [-0.1, -0.05) is 162 Å². The van der Waals surface area contributed by atoms with Crippen LogP contribution in [-0.2, 0) is 0 Å². The molecule has 1 N–H and O–H groups in total. The Kier molecular flexibility index (Phi) is 28.1. The molecule has 0 saturated heterocycles. The third-order valence-electron chi connectivity index (χ3n) is 7.31. The number of nitrogens with zero attached hydrogens (tertiary/aromatic N) is 1. The van der Waals surface area contributed by atoms with Crippen LogP contribution in [0.25, 0.3) is 0 Å². The van der Waals surface area contributed by atoms with Gasteiger partial charge in [0.2, 0.25) is 0 Å². The van der Waals surface area contributed by atoms with Gasteiger partial charge in [-0.05, 0) is 26.4 Å². The van der Waals surface area contributed by atoms with Crippen molar-refractivity contribution >= 4 is 0 Å². The monoisotopic (exact) mass is 468 g/mol. The normalized spacial score (nSPS) is 12.6. The summed E-state index contributed by atoms with van der Waals surface area (Å²) in [6.07, 6.45) is 34.4. The van der Waals surface area contributed by atoms with E-state index >= 15 is 0 Å². The van der Waals surface area contributed by atoms with E-state index in [9.17, 15) is 5.11 Å². The Morgan fingerprint density at radius 1 is 0.455 bits per heavy atom. The van der Waals surface area contributed by atoms with Crippen LogP contribution in [-0.4, -0.2) is 36.2 Å². The molecular formula is C31H65NO. The molecule has 0 aliphatic carbocycles. The van der Waals surface area contributed by atoms with Crippen molar-refractivity contribution in [3.8, 4) is 0 Å². The van der Waals surface area contributed by atoms with Gasteiger partial charge >= 0.3 is 0 Å². The molecule has 0 aromatic heterocycles. The van der Waals surface area contributed by atoms with Crippen molar-refractivity contribution in [3.05, 3.63) is 0 Å². The van der Waals surface area contributed by atoms with E-state index in [4.69, 9.17) is 0 Å². The predicted octanol–water partition coefficient (Wildman–Crippen LogP) is 10.1. The molecule has 0 rings (SSSR count). The summed E-state index contributed by atoms with van der Waals surface area (Å²) in [7, 11) is 2.18. The Morgan fingerprint density at radius 3 is 1.12 bits per heavy atom. The fourth-order valence-corrected chi connectivity index (χ4v) is 4.99. The molecule has 2 nitrogen and oxygen atoms in total. The van der Waals surface area contributed by atoms with Crippen LogP contribution in [0.2, 0.25) is 0 Å². The summed E-state index contributed by atoms with van der Waals surface area (Å²) in [4.78, 5) is 2.35. The molecule has 1 unspecified atom stereocenters. The van der Waals surface area contributed by atoms with Crippen LogP contribution in [0.5, 0.6) is 0 Å². The average molecular weight is 468 g/mol. The molecular weight excluding hydrogens is 402 g/mol. The lowest BCUT2D eigenvalue weighted by molar-refractivity contribution is 0.114. The second kappa shape index (κ2) is 28.2. The third kappa shape index (κ3) is 28.0. The highest BCUT2D eigenvalue weighted by Crippen LogP contribution is 2.14. The average Bonchev–Trinajstić information content (AvgIpc) is 2.80. The van der Waals surface area contributed by atoms with Crippen LogP contribution in [0, 0.1) is 0 Å². The van der Waals surface area contributed by atoms with Gasteiger partial charge in [0, 0.05) is 6.54 Å². The maximum atomic E-state index is 10.3. The maximum Gasteiger partial charge on any atom is 0.0667 e. The van der Waals surface area contributed by atoms with E-state index in [1.54, 1.807) is 0 Å². The van der Waals surface area contributed by atoms with Crippen LogP contribution in [0.15, 0.2) is 0 Å². The van der Waals surface area contributed by atoms with Crippen LogP contribution >= 0.6 is 0 Å². The number of hydrogen-bond donors (Lipinski definition) is 1. The van der Waals surface area contributed by atoms with Crippen molar-refractivity contribution in [1.82, 2.24) is 4.90 Å². The third-order valence-corrected chi connectivity index (χ3v) is 7.31. The van der Waals surface area contributed by atoms with E-state index in [0.29, 0.717) is 0 Å². The molecule has 0 aliphatic heterocycles. The molecule has 2 heteroatoms. The van der Waals surface area contributed by atoms with Crippen LogP contribution < -0.4 is 0 Å². The Bertz CT molecular complexity index is 314. The molecule has 0 saturated carbocycles. The number of aliphatic hydroxyl groups excluding tert-OH is 1. The van der Waals surface area contributed by atoms with Crippen molar-refractivity contribution in [3.63, 3.8) is 0 Å². The van der Waals surface area contributed by atoms with Crippen molar-refractivity contribution in [1.29, 1.82) is 0 Å². The summed E-state index contributed by atoms with van der Waals surface area (Å²) in [5.41, 5.74) is 0. The quantitative estimate of drug-likeness (QED) is 0.116. The van der Waals surface area contributed by atoms with E-state index in [1.165, 1.54) is 154 Å². The molecule has 0 aromatic rings. The minimum absolute atomic E-state index is 0.129. The molecule has 200 valence electrons. The second-order valence-electron chi connectivity index (χ2n) is 11.0. The Labute approximate surface area is 210 Å². The first-order chi connectivity index (χ1) is 16.2. The standard InChI is InChI=1S/C31H65NO/c1-4-6-8-10-12-14-16-18-20-22-24-26-28-31(33)30-32(3)29-27-25-23-21-19-17-15-13-11-9-7-5-2/h31,33H,4-30H2,1-3H3. The first-order valence-corrected chi connectivity index (χ1v) is 15.6. The zero-order valence-electron chi connectivity index (χ0n) is 23.6. The number of hydrogen-bond acceptors (Lipinski definition) is 2. The highest BCUT2D eigenvalue weighted by Gasteiger charge is 2.07. The molecule has 0 aromatic carbocycles. The van der Waals surface area contributed by atoms with Gasteiger partial charge in [-0.2, -0.15) is 0 Å². The molecule has 0 bridgehead atoms. The van der Waals surface area contributed by atoms with Crippen molar-refractivity contribution in [2.24, 2.45) is 0 Å². The summed E-state index contributed by atoms with van der Waals surface area (Å²) in [6.45, 7) is 6.58. The molecule has 1 atom stereocenters. The molecule has 33 heavy (non-hydrogen) atoms. The molecule has 0 spiro atoms. The summed E-state index contributed by atoms with van der Waals surface area (Å²) < 4.78 is 0. The van der Waals surface area contributed by atoms with Crippen molar-refractivity contribution in [2.75, 3.05) is 20.1 Å². The summed E-state index contributed by atoms with van der Waals surface area (Å²) >= 11 is 0. The van der Waals surface area contributed by atoms with Crippen LogP contribution in [0.1, 0.15) is 174 Å². The lowest BCUT2D eigenvalue weighted by atomic mass is 10.0. The summed E-state index contributed by atoms with van der Waals surface area (Å²) in [5.74, 6) is 0. The number of aliphatic hydroxyl groups is 1. The SMILES string of the molecule is CCCCCCCCCCCCCCC(O)CN(C)CCCCCCCCCCCCCC. The van der Waals surface area contributed by atoms with Gasteiger partial charge in [-0.25, -0.2) is 0 Å². The minimum atomic E-state index is -0.129. The first kappa shape index (κ1) is 32.9. The Hall–Kier alpha value is -0.0800. The van der Waals surface area contributed by atoms with Crippen molar-refractivity contribution in [2.45, 2.75) is 180 Å². The highest BCUT2D eigenvalue weighted by atomic mass is 16.3. The summed E-state index contributed by atoms with van der Waals surface area (Å²) in [6, 6.07) is 0. The molecule has 0 heterocycles. The predicted molar refractivity (Wildman–Crippen MR) is 150 cm³/mol. The zero-order valence-corrected chi connectivity index (χ0v) is 23.6. The lowest BCUT2D eigenvalue weighted by Crippen LogP contribution is -2.29. The van der Waals surface area contributed by atoms with Crippen LogP contribution in [0.3, 0.4) is 0 Å². The number of rotatable bonds is 28. The molecule has 0 amide bonds. The van der Waals surface area contributed by atoms with E-state index in [1.807, 2.05) is 0 Å². The molecule has 0 aliphatic rings. The lowest BCUT2D eigenvalue weighted by Gasteiger charge is -2.20. The van der Waals surface area contributed by atoms with E-state index < -0.39 is 0 Å². The number of likely N-dealkylation sites (N-methyl/N-ethyl adjacent to an activating group) is 1. The van der Waals surface area contributed by atoms with E-state index in [0.717, 1.165) is 19.5 Å². The minimum Gasteiger partial charge on any atom is -0.392 e. The summed E-state index contributed by atoms with van der Waals surface area (Å²) in [5, 5.41) is 10.3. The second-order valence-corrected chi connectivity index (χ2v) is 11.0. The Morgan fingerprint density at radius 2 is 0.758 bits per heavy atom. The van der Waals surface area contributed by atoms with Crippen LogP contribution in [0.4, 0.5) is 0 Å². The Balaban J connectivity index is 3.28. The van der Waals surface area contributed by atoms with Gasteiger partial charge in [-0.3, -0.25) is 0 Å². The highest BCUT2D eigenvalue weighted by molar-refractivity contribution is 4.62. The van der Waals surface area contributed by atoms with E-state index in [2.05, 4.69) is 25.8 Å². The van der Waals surface area contributed by atoms with Gasteiger partial charge in [0.25, 0.3) is 0 Å². The largest absolute Gasteiger partial charge is 0.392 e. The number of unbranched alkanes of at least 4 members (excludes halogenated alkanes) is 22. The van der Waals surface area contributed by atoms with Gasteiger partial charge in [0.15, 0.2) is 0 Å². The molecule has 0 radical (unpaired) electrons. The van der Waals surface area contributed by atoms with E-state index in [-0.39, 0.29) is 6.10 Å². The van der Waals surface area contributed by atoms with Gasteiger partial charge in [0.1, 0.15) is 0 Å². The smallest absolute Gasteiger partial charge is 0.0667 e. The van der Waals surface area contributed by atoms with Gasteiger partial charge in [0.05, 0.1) is 6.10 Å². The van der Waals surface area contributed by atoms with Gasteiger partial charge in [-0.15, -0.1) is 0 Å². The molecule has 0 fully saturated rings. The topological polar surface area (TPSA) is 23.5 Å². The zero-order chi connectivity index (χ0) is 24.2. The van der Waals surface area contributed by atoms with Gasteiger partial charge < -0.3 is 10.0 Å².